The molecule has 0 aromatic carbocycles. The number of likely N-dealkylation sites (tertiary alicyclic amines) is 1. The smallest absolute Gasteiger partial charge is 0.341 e. The maximum atomic E-state index is 11.7. The first-order valence-corrected chi connectivity index (χ1v) is 8.79. The normalized spacial score (nSPS) is 17.6. The molecule has 2 heterocycles. The summed E-state index contributed by atoms with van der Waals surface area (Å²) in [5, 5.41) is 3.29. The van der Waals surface area contributed by atoms with Gasteiger partial charge in [0, 0.05) is 33.2 Å². The Kier molecular flexibility index (Phi) is 7.93. The first-order chi connectivity index (χ1) is 12.6. The fourth-order valence-corrected chi connectivity index (χ4v) is 3.00. The van der Waals surface area contributed by atoms with E-state index in [-0.39, 0.29) is 0 Å². The molecule has 0 bridgehead atoms. The lowest BCUT2D eigenvalue weighted by atomic mass is 10.1. The highest BCUT2D eigenvalue weighted by Crippen LogP contribution is 2.18. The molecule has 1 atom stereocenters. The third-order valence-electron chi connectivity index (χ3n) is 4.38. The minimum Gasteiger partial charge on any atom is -0.465 e. The number of hydrogen-bond donors (Lipinski definition) is 1. The molecule has 0 spiro atoms. The Bertz CT molecular complexity index is 614. The zero-order valence-electron chi connectivity index (χ0n) is 16.0. The van der Waals surface area contributed by atoms with Crippen LogP contribution in [0, 0.1) is 12.8 Å². The summed E-state index contributed by atoms with van der Waals surface area (Å²) < 4.78 is 21.0. The molecule has 0 aliphatic carbocycles. The molecule has 26 heavy (non-hydrogen) atoms. The maximum absolute atomic E-state index is 11.7. The average Bonchev–Trinajstić information content (AvgIpc) is 3.25. The van der Waals surface area contributed by atoms with Gasteiger partial charge >= 0.3 is 5.97 Å². The summed E-state index contributed by atoms with van der Waals surface area (Å²) in [4.78, 5) is 18.2. The number of carbonyl (C=O) groups is 1. The van der Waals surface area contributed by atoms with E-state index in [1.165, 1.54) is 7.11 Å². The number of aryl methyl sites for hydroxylation is 1. The van der Waals surface area contributed by atoms with Crippen molar-refractivity contribution in [3.8, 4) is 0 Å². The summed E-state index contributed by atoms with van der Waals surface area (Å²) >= 11 is 0. The van der Waals surface area contributed by atoms with E-state index in [0.717, 1.165) is 32.1 Å². The Labute approximate surface area is 154 Å². The minimum absolute atomic E-state index is 0.391. The monoisotopic (exact) mass is 367 g/mol. The second-order valence-electron chi connectivity index (χ2n) is 6.24. The van der Waals surface area contributed by atoms with Crippen molar-refractivity contribution in [1.29, 1.82) is 0 Å². The van der Waals surface area contributed by atoms with Gasteiger partial charge in [0.2, 0.25) is 0 Å². The van der Waals surface area contributed by atoms with E-state index in [4.69, 9.17) is 18.6 Å². The molecular formula is C18H29N3O5. The van der Waals surface area contributed by atoms with Crippen LogP contribution >= 0.6 is 0 Å². The number of methoxy groups -OCH3 is 2. The van der Waals surface area contributed by atoms with Crippen LogP contribution in [0.2, 0.25) is 0 Å². The highest BCUT2D eigenvalue weighted by atomic mass is 16.5. The molecule has 2 rings (SSSR count). The quantitative estimate of drug-likeness (QED) is 0.322. The van der Waals surface area contributed by atoms with Crippen molar-refractivity contribution in [2.24, 2.45) is 10.9 Å². The fraction of sp³-hybridized carbons (Fsp3) is 0.667. The van der Waals surface area contributed by atoms with Gasteiger partial charge in [-0.25, -0.2) is 4.79 Å². The van der Waals surface area contributed by atoms with Gasteiger partial charge in [-0.3, -0.25) is 4.99 Å². The third-order valence-corrected chi connectivity index (χ3v) is 4.38. The van der Waals surface area contributed by atoms with Crippen LogP contribution in [-0.2, 0) is 20.8 Å². The predicted molar refractivity (Wildman–Crippen MR) is 97.4 cm³/mol. The summed E-state index contributed by atoms with van der Waals surface area (Å²) in [6.45, 7) is 6.02. The van der Waals surface area contributed by atoms with Crippen LogP contribution in [0.4, 0.5) is 0 Å². The van der Waals surface area contributed by atoms with Gasteiger partial charge in [-0.2, -0.15) is 0 Å². The zero-order chi connectivity index (χ0) is 18.9. The first-order valence-electron chi connectivity index (χ1n) is 8.79. The highest BCUT2D eigenvalue weighted by molar-refractivity contribution is 5.90. The molecule has 1 unspecified atom stereocenters. The van der Waals surface area contributed by atoms with Crippen molar-refractivity contribution in [3.05, 3.63) is 23.2 Å². The second-order valence-corrected chi connectivity index (χ2v) is 6.24. The van der Waals surface area contributed by atoms with Gasteiger partial charge in [0.25, 0.3) is 0 Å². The Hall–Kier alpha value is -2.06. The molecule has 1 saturated heterocycles. The van der Waals surface area contributed by atoms with E-state index in [1.54, 1.807) is 27.1 Å². The number of nitrogens with zero attached hydrogens (tertiary/aromatic N) is 2. The van der Waals surface area contributed by atoms with E-state index in [2.05, 4.69) is 15.2 Å². The SMILES string of the molecule is CN=C(NCc1cc(C(=O)OC)c(C)o1)N1CCC(COCCOC)C1. The van der Waals surface area contributed by atoms with E-state index in [0.29, 0.717) is 42.8 Å². The van der Waals surface area contributed by atoms with Crippen LogP contribution < -0.4 is 5.32 Å². The molecule has 0 saturated carbocycles. The lowest BCUT2D eigenvalue weighted by Gasteiger charge is -2.21. The van der Waals surface area contributed by atoms with Gasteiger partial charge in [0.05, 0.1) is 33.5 Å². The highest BCUT2D eigenvalue weighted by Gasteiger charge is 2.25. The maximum Gasteiger partial charge on any atom is 0.341 e. The predicted octanol–water partition coefficient (Wildman–Crippen LogP) is 1.43. The molecule has 1 aliphatic heterocycles. The van der Waals surface area contributed by atoms with Crippen LogP contribution in [0.15, 0.2) is 15.5 Å². The lowest BCUT2D eigenvalue weighted by molar-refractivity contribution is 0.0536. The largest absolute Gasteiger partial charge is 0.465 e. The van der Waals surface area contributed by atoms with E-state index in [1.807, 2.05) is 0 Å². The van der Waals surface area contributed by atoms with Crippen LogP contribution in [0.5, 0.6) is 0 Å². The van der Waals surface area contributed by atoms with Crippen LogP contribution in [0.1, 0.15) is 28.3 Å². The molecular weight excluding hydrogens is 338 g/mol. The topological polar surface area (TPSA) is 85.5 Å². The van der Waals surface area contributed by atoms with Crippen LogP contribution in [0.25, 0.3) is 0 Å². The zero-order valence-corrected chi connectivity index (χ0v) is 16.0. The molecule has 1 aliphatic rings. The summed E-state index contributed by atoms with van der Waals surface area (Å²) in [5.41, 5.74) is 0.453. The van der Waals surface area contributed by atoms with Crippen molar-refractivity contribution in [3.63, 3.8) is 0 Å². The van der Waals surface area contributed by atoms with E-state index in [9.17, 15) is 4.79 Å². The molecule has 0 amide bonds. The number of guanidine groups is 1. The number of carbonyl (C=O) groups excluding carboxylic acids is 1. The average molecular weight is 367 g/mol. The summed E-state index contributed by atoms with van der Waals surface area (Å²) in [6.07, 6.45) is 1.07. The molecule has 0 radical (unpaired) electrons. The van der Waals surface area contributed by atoms with Crippen LogP contribution in [0.3, 0.4) is 0 Å². The van der Waals surface area contributed by atoms with Crippen molar-refractivity contribution >= 4 is 11.9 Å². The first kappa shape index (κ1) is 20.3. The fourth-order valence-electron chi connectivity index (χ4n) is 3.00. The Morgan fingerprint density at radius 2 is 2.23 bits per heavy atom. The summed E-state index contributed by atoms with van der Waals surface area (Å²) in [5.74, 6) is 2.14. The number of aliphatic imine (C=N–C) groups is 1. The van der Waals surface area contributed by atoms with Crippen molar-refractivity contribution < 1.29 is 23.4 Å². The second kappa shape index (κ2) is 10.2. The standard InChI is InChI=1S/C18H29N3O5/c1-13-16(17(22)24-4)9-15(26-13)10-20-18(19-2)21-6-5-14(11-21)12-25-8-7-23-3/h9,14H,5-8,10-12H2,1-4H3,(H,19,20). The van der Waals surface area contributed by atoms with Gasteiger partial charge in [0.1, 0.15) is 17.1 Å². The number of esters is 1. The van der Waals surface area contributed by atoms with E-state index < -0.39 is 5.97 Å². The number of rotatable bonds is 8. The molecule has 8 heteroatoms. The number of ether oxygens (including phenoxy) is 3. The van der Waals surface area contributed by atoms with Gasteiger partial charge in [0.15, 0.2) is 5.96 Å². The Morgan fingerprint density at radius 3 is 2.92 bits per heavy atom. The van der Waals surface area contributed by atoms with E-state index >= 15 is 0 Å². The Morgan fingerprint density at radius 1 is 1.42 bits per heavy atom. The molecule has 1 aromatic rings. The van der Waals surface area contributed by atoms with Gasteiger partial charge in [-0.1, -0.05) is 0 Å². The van der Waals surface area contributed by atoms with Crippen molar-refractivity contribution in [1.82, 2.24) is 10.2 Å². The molecule has 1 fully saturated rings. The number of furan rings is 1. The van der Waals surface area contributed by atoms with Gasteiger partial charge in [-0.05, 0) is 19.4 Å². The molecule has 8 nitrogen and oxygen atoms in total. The number of nitrogens with one attached hydrogen (secondary N) is 1. The summed E-state index contributed by atoms with van der Waals surface area (Å²) in [6, 6.07) is 1.71. The number of hydrogen-bond acceptors (Lipinski definition) is 6. The van der Waals surface area contributed by atoms with Gasteiger partial charge in [-0.15, -0.1) is 0 Å². The van der Waals surface area contributed by atoms with Crippen LogP contribution in [-0.4, -0.2) is 71.0 Å². The Balaban J connectivity index is 1.82. The van der Waals surface area contributed by atoms with Crippen molar-refractivity contribution in [2.45, 2.75) is 19.9 Å². The lowest BCUT2D eigenvalue weighted by Crippen LogP contribution is -2.39. The minimum atomic E-state index is -0.391. The molecule has 1 aromatic heterocycles. The summed E-state index contributed by atoms with van der Waals surface area (Å²) in [7, 11) is 4.79. The van der Waals surface area contributed by atoms with Crippen molar-refractivity contribution in [2.75, 3.05) is 54.2 Å². The molecule has 146 valence electrons. The third kappa shape index (κ3) is 5.47. The molecule has 1 N–H and O–H groups in total. The van der Waals surface area contributed by atoms with Gasteiger partial charge < -0.3 is 28.8 Å².